The van der Waals surface area contributed by atoms with Crippen molar-refractivity contribution in [2.45, 2.75) is 12.5 Å². The first-order valence-electron chi connectivity index (χ1n) is 5.42. The van der Waals surface area contributed by atoms with E-state index in [1.54, 1.807) is 30.3 Å². The fourth-order valence-corrected chi connectivity index (χ4v) is 2.33. The highest BCUT2D eigenvalue weighted by Crippen LogP contribution is 2.33. The van der Waals surface area contributed by atoms with E-state index < -0.39 is 5.54 Å². The van der Waals surface area contributed by atoms with Crippen LogP contribution in [0.3, 0.4) is 0 Å². The summed E-state index contributed by atoms with van der Waals surface area (Å²) in [5.74, 6) is -0.299. The van der Waals surface area contributed by atoms with E-state index >= 15 is 0 Å². The van der Waals surface area contributed by atoms with Crippen LogP contribution in [0.5, 0.6) is 0 Å². The van der Waals surface area contributed by atoms with Gasteiger partial charge in [-0.25, -0.2) is 4.39 Å². The Kier molecular flexibility index (Phi) is 3.62. The van der Waals surface area contributed by atoms with Gasteiger partial charge >= 0.3 is 0 Å². The van der Waals surface area contributed by atoms with Gasteiger partial charge in [-0.3, -0.25) is 0 Å². The van der Waals surface area contributed by atoms with Crippen LogP contribution in [0.25, 0.3) is 0 Å². The van der Waals surface area contributed by atoms with Crippen molar-refractivity contribution < 1.29 is 4.39 Å². The normalized spacial score (nSPS) is 14.3. The third-order valence-corrected chi connectivity index (χ3v) is 3.50. The molecule has 2 aromatic carbocycles. The van der Waals surface area contributed by atoms with Crippen LogP contribution in [0, 0.1) is 5.82 Å². The summed E-state index contributed by atoms with van der Waals surface area (Å²) in [6.45, 7) is 1.82. The Bertz CT molecular complexity index is 565. The Balaban J connectivity index is 2.53. The number of hydrogen-bond acceptors (Lipinski definition) is 1. The van der Waals surface area contributed by atoms with Gasteiger partial charge in [0.15, 0.2) is 0 Å². The van der Waals surface area contributed by atoms with E-state index in [-0.39, 0.29) is 5.82 Å². The van der Waals surface area contributed by atoms with E-state index in [0.717, 1.165) is 5.56 Å². The zero-order valence-corrected chi connectivity index (χ0v) is 11.3. The number of hydrogen-bond donors (Lipinski definition) is 1. The van der Waals surface area contributed by atoms with Crippen molar-refractivity contribution in [2.24, 2.45) is 5.73 Å². The Labute approximate surface area is 115 Å². The maximum atomic E-state index is 12.9. The molecule has 0 radical (unpaired) electrons. The lowest BCUT2D eigenvalue weighted by Gasteiger charge is -2.27. The highest BCUT2D eigenvalue weighted by Gasteiger charge is 2.26. The molecular formula is C14H12Cl2FN. The molecule has 18 heavy (non-hydrogen) atoms. The zero-order valence-electron chi connectivity index (χ0n) is 9.75. The molecule has 94 valence electrons. The summed E-state index contributed by atoms with van der Waals surface area (Å²) in [4.78, 5) is 0. The maximum Gasteiger partial charge on any atom is 0.123 e. The van der Waals surface area contributed by atoms with Crippen LogP contribution in [0.15, 0.2) is 42.5 Å². The summed E-state index contributed by atoms with van der Waals surface area (Å²) in [5.41, 5.74) is 6.97. The molecule has 2 N–H and O–H groups in total. The molecule has 1 unspecified atom stereocenters. The van der Waals surface area contributed by atoms with E-state index in [2.05, 4.69) is 0 Å². The Hall–Kier alpha value is -1.09. The molecule has 0 spiro atoms. The molecule has 2 aromatic rings. The second-order valence-corrected chi connectivity index (χ2v) is 5.18. The summed E-state index contributed by atoms with van der Waals surface area (Å²) in [5, 5.41) is 1.10. The Morgan fingerprint density at radius 1 is 1.06 bits per heavy atom. The van der Waals surface area contributed by atoms with Gasteiger partial charge < -0.3 is 5.73 Å². The van der Waals surface area contributed by atoms with E-state index in [1.165, 1.54) is 12.1 Å². The van der Waals surface area contributed by atoms with Gasteiger partial charge in [-0.05, 0) is 48.4 Å². The SMILES string of the molecule is CC(N)(c1ccc(F)cc1)c1cc(Cl)ccc1Cl. The quantitative estimate of drug-likeness (QED) is 0.871. The fourth-order valence-electron chi connectivity index (χ4n) is 1.85. The molecule has 0 aromatic heterocycles. The summed E-state index contributed by atoms with van der Waals surface area (Å²) < 4.78 is 12.9. The van der Waals surface area contributed by atoms with Gasteiger partial charge in [0.1, 0.15) is 5.82 Å². The molecule has 1 nitrogen and oxygen atoms in total. The molecule has 0 saturated carbocycles. The van der Waals surface area contributed by atoms with Gasteiger partial charge in [0, 0.05) is 10.0 Å². The lowest BCUT2D eigenvalue weighted by molar-refractivity contribution is 0.593. The average molecular weight is 284 g/mol. The summed E-state index contributed by atoms with van der Waals surface area (Å²) in [7, 11) is 0. The Morgan fingerprint density at radius 2 is 1.67 bits per heavy atom. The average Bonchev–Trinajstić information content (AvgIpc) is 2.32. The van der Waals surface area contributed by atoms with Crippen molar-refractivity contribution in [2.75, 3.05) is 0 Å². The molecule has 0 saturated heterocycles. The molecule has 2 rings (SSSR count). The highest BCUT2D eigenvalue weighted by atomic mass is 35.5. The van der Waals surface area contributed by atoms with Crippen LogP contribution in [-0.2, 0) is 5.54 Å². The molecule has 0 aliphatic rings. The highest BCUT2D eigenvalue weighted by molar-refractivity contribution is 6.33. The standard InChI is InChI=1S/C14H12Cl2FN/c1-14(18,9-2-5-11(17)6-3-9)12-8-10(15)4-7-13(12)16/h2-8H,18H2,1H3. The third-order valence-electron chi connectivity index (χ3n) is 2.93. The number of benzene rings is 2. The second kappa shape index (κ2) is 4.88. The van der Waals surface area contributed by atoms with E-state index in [0.29, 0.717) is 15.6 Å². The second-order valence-electron chi connectivity index (χ2n) is 4.33. The smallest absolute Gasteiger partial charge is 0.123 e. The Morgan fingerprint density at radius 3 is 2.28 bits per heavy atom. The predicted molar refractivity (Wildman–Crippen MR) is 73.5 cm³/mol. The first-order chi connectivity index (χ1) is 8.41. The molecule has 0 amide bonds. The maximum absolute atomic E-state index is 12.9. The summed E-state index contributed by atoms with van der Waals surface area (Å²) in [6, 6.07) is 11.2. The van der Waals surface area contributed by atoms with Crippen LogP contribution in [-0.4, -0.2) is 0 Å². The number of nitrogens with two attached hydrogens (primary N) is 1. The monoisotopic (exact) mass is 283 g/mol. The van der Waals surface area contributed by atoms with Crippen molar-refractivity contribution >= 4 is 23.2 Å². The minimum Gasteiger partial charge on any atom is -0.318 e. The lowest BCUT2D eigenvalue weighted by atomic mass is 9.85. The minimum atomic E-state index is -0.824. The molecule has 4 heteroatoms. The fraction of sp³-hybridized carbons (Fsp3) is 0.143. The molecular weight excluding hydrogens is 272 g/mol. The summed E-state index contributed by atoms with van der Waals surface area (Å²) >= 11 is 12.1. The van der Waals surface area contributed by atoms with Crippen LogP contribution in [0.1, 0.15) is 18.1 Å². The van der Waals surface area contributed by atoms with Crippen molar-refractivity contribution in [3.63, 3.8) is 0 Å². The summed E-state index contributed by atoms with van der Waals surface area (Å²) in [6.07, 6.45) is 0. The van der Waals surface area contributed by atoms with Gasteiger partial charge in [0.2, 0.25) is 0 Å². The van der Waals surface area contributed by atoms with Crippen molar-refractivity contribution in [3.05, 3.63) is 69.5 Å². The first-order valence-corrected chi connectivity index (χ1v) is 6.17. The molecule has 1 atom stereocenters. The minimum absolute atomic E-state index is 0.299. The number of halogens is 3. The van der Waals surface area contributed by atoms with Crippen molar-refractivity contribution in [1.29, 1.82) is 0 Å². The van der Waals surface area contributed by atoms with Gasteiger partial charge in [-0.2, -0.15) is 0 Å². The molecule has 0 bridgehead atoms. The van der Waals surface area contributed by atoms with Gasteiger partial charge in [0.25, 0.3) is 0 Å². The first kappa shape index (κ1) is 13.3. The van der Waals surface area contributed by atoms with Gasteiger partial charge in [-0.15, -0.1) is 0 Å². The zero-order chi connectivity index (χ0) is 13.3. The van der Waals surface area contributed by atoms with Crippen molar-refractivity contribution in [1.82, 2.24) is 0 Å². The van der Waals surface area contributed by atoms with Gasteiger partial charge in [0.05, 0.1) is 5.54 Å². The molecule has 0 aliphatic carbocycles. The third kappa shape index (κ3) is 2.51. The largest absolute Gasteiger partial charge is 0.318 e. The molecule has 0 aliphatic heterocycles. The van der Waals surface area contributed by atoms with Crippen molar-refractivity contribution in [3.8, 4) is 0 Å². The topological polar surface area (TPSA) is 26.0 Å². The van der Waals surface area contributed by atoms with E-state index in [9.17, 15) is 4.39 Å². The van der Waals surface area contributed by atoms with Gasteiger partial charge in [-0.1, -0.05) is 35.3 Å². The van der Waals surface area contributed by atoms with E-state index in [4.69, 9.17) is 28.9 Å². The number of rotatable bonds is 2. The molecule has 0 heterocycles. The van der Waals surface area contributed by atoms with Crippen LogP contribution in [0.2, 0.25) is 10.0 Å². The van der Waals surface area contributed by atoms with Crippen LogP contribution >= 0.6 is 23.2 Å². The molecule has 0 fully saturated rings. The van der Waals surface area contributed by atoms with E-state index in [1.807, 2.05) is 6.92 Å². The lowest BCUT2D eigenvalue weighted by Crippen LogP contribution is -2.34. The van der Waals surface area contributed by atoms with Crippen LogP contribution in [0.4, 0.5) is 4.39 Å². The predicted octanol–water partition coefficient (Wildman–Crippen LogP) is 4.35. The van der Waals surface area contributed by atoms with Crippen LogP contribution < -0.4 is 5.73 Å².